The highest BCUT2D eigenvalue weighted by Crippen LogP contribution is 2.29. The van der Waals surface area contributed by atoms with Gasteiger partial charge in [-0.05, 0) is 44.2 Å². The largest absolute Gasteiger partial charge is 0.316 e. The minimum absolute atomic E-state index is 0.00532. The first kappa shape index (κ1) is 19.5. The molecule has 0 fully saturated rings. The van der Waals surface area contributed by atoms with E-state index in [2.05, 4.69) is 20.1 Å². The van der Waals surface area contributed by atoms with Crippen LogP contribution in [0.3, 0.4) is 0 Å². The highest BCUT2D eigenvalue weighted by molar-refractivity contribution is 7.20. The Labute approximate surface area is 175 Å². The normalized spacial score (nSPS) is 11.3. The lowest BCUT2D eigenvalue weighted by Crippen LogP contribution is -2.16. The van der Waals surface area contributed by atoms with E-state index in [1.165, 1.54) is 23.5 Å². The van der Waals surface area contributed by atoms with E-state index in [4.69, 9.17) is 0 Å². The van der Waals surface area contributed by atoms with Crippen molar-refractivity contribution in [3.8, 4) is 5.69 Å². The van der Waals surface area contributed by atoms with Crippen molar-refractivity contribution in [2.75, 3.05) is 0 Å². The Kier molecular flexibility index (Phi) is 5.11. The fourth-order valence-electron chi connectivity index (χ4n) is 3.27. The summed E-state index contributed by atoms with van der Waals surface area (Å²) >= 11 is 1.26. The van der Waals surface area contributed by atoms with Crippen molar-refractivity contribution in [1.82, 2.24) is 15.0 Å². The highest BCUT2D eigenvalue weighted by atomic mass is 32.1. The minimum atomic E-state index is -0.455. The molecule has 4 aromatic rings. The summed E-state index contributed by atoms with van der Waals surface area (Å²) in [6.07, 6.45) is 5.11. The first-order valence-corrected chi connectivity index (χ1v) is 9.86. The first-order valence-electron chi connectivity index (χ1n) is 9.05. The topological polar surface area (TPSA) is 102 Å². The van der Waals surface area contributed by atoms with E-state index in [0.717, 1.165) is 27.3 Å². The van der Waals surface area contributed by atoms with Crippen LogP contribution in [0.15, 0.2) is 60.0 Å². The van der Waals surface area contributed by atoms with Crippen LogP contribution in [0.1, 0.15) is 26.6 Å². The summed E-state index contributed by atoms with van der Waals surface area (Å²) in [6.45, 7) is 3.97. The molecule has 1 N–H and O–H groups in total. The zero-order valence-electron chi connectivity index (χ0n) is 16.2. The van der Waals surface area contributed by atoms with Gasteiger partial charge in [0.15, 0.2) is 0 Å². The molecule has 0 atom stereocenters. The second kappa shape index (κ2) is 7.88. The lowest BCUT2D eigenvalue weighted by Gasteiger charge is -2.08. The summed E-state index contributed by atoms with van der Waals surface area (Å²) < 4.78 is 2.87. The number of hydrazone groups is 1. The Morgan fingerprint density at radius 2 is 2.10 bits per heavy atom. The van der Waals surface area contributed by atoms with Crippen molar-refractivity contribution in [3.63, 3.8) is 0 Å². The number of pyridine rings is 1. The van der Waals surface area contributed by atoms with Crippen molar-refractivity contribution in [2.24, 2.45) is 5.10 Å². The van der Waals surface area contributed by atoms with Crippen LogP contribution in [0.25, 0.3) is 15.8 Å². The summed E-state index contributed by atoms with van der Waals surface area (Å²) in [5.41, 5.74) is 6.36. The SMILES string of the molecule is Cc1cc(C=NNC(=O)c2cc3cc([N+](=O)[O-])ccc3s2)c(C)n1-c1cccnc1. The van der Waals surface area contributed by atoms with Gasteiger partial charge in [0.25, 0.3) is 11.6 Å². The molecule has 0 bridgehead atoms. The summed E-state index contributed by atoms with van der Waals surface area (Å²) in [4.78, 5) is 27.5. The monoisotopic (exact) mass is 419 g/mol. The number of nitro benzene ring substituents is 1. The van der Waals surface area contributed by atoms with Gasteiger partial charge in [-0.1, -0.05) is 0 Å². The Morgan fingerprint density at radius 3 is 2.83 bits per heavy atom. The summed E-state index contributed by atoms with van der Waals surface area (Å²) in [5, 5.41) is 15.7. The predicted molar refractivity (Wildman–Crippen MR) is 117 cm³/mol. The third kappa shape index (κ3) is 3.70. The number of non-ortho nitro benzene ring substituents is 1. The van der Waals surface area contributed by atoms with Gasteiger partial charge in [-0.15, -0.1) is 11.3 Å². The van der Waals surface area contributed by atoms with Gasteiger partial charge in [0.1, 0.15) is 0 Å². The lowest BCUT2D eigenvalue weighted by atomic mass is 10.2. The molecular formula is C21H17N5O3S. The van der Waals surface area contributed by atoms with Gasteiger partial charge in [0.05, 0.1) is 27.9 Å². The molecule has 9 heteroatoms. The van der Waals surface area contributed by atoms with Gasteiger partial charge >= 0.3 is 0 Å². The van der Waals surface area contributed by atoms with Crippen molar-refractivity contribution < 1.29 is 9.72 Å². The second-order valence-electron chi connectivity index (χ2n) is 6.66. The number of nitrogens with one attached hydrogen (secondary N) is 1. The van der Waals surface area contributed by atoms with E-state index in [1.54, 1.807) is 30.7 Å². The number of nitrogens with zero attached hydrogens (tertiary/aromatic N) is 4. The van der Waals surface area contributed by atoms with Gasteiger partial charge in [0.2, 0.25) is 0 Å². The molecule has 0 aliphatic carbocycles. The van der Waals surface area contributed by atoms with Gasteiger partial charge in [-0.3, -0.25) is 19.9 Å². The molecule has 1 aromatic carbocycles. The Hall–Kier alpha value is -3.85. The van der Waals surface area contributed by atoms with E-state index in [9.17, 15) is 14.9 Å². The number of nitro groups is 1. The molecule has 30 heavy (non-hydrogen) atoms. The fourth-order valence-corrected chi connectivity index (χ4v) is 4.21. The Balaban J connectivity index is 1.52. The van der Waals surface area contributed by atoms with Crippen LogP contribution >= 0.6 is 11.3 Å². The average Bonchev–Trinajstić information content (AvgIpc) is 3.28. The quantitative estimate of drug-likeness (QED) is 0.295. The number of rotatable bonds is 5. The Morgan fingerprint density at radius 1 is 1.27 bits per heavy atom. The second-order valence-corrected chi connectivity index (χ2v) is 7.75. The van der Waals surface area contributed by atoms with Crippen LogP contribution in [-0.4, -0.2) is 26.6 Å². The third-order valence-corrected chi connectivity index (χ3v) is 5.79. The van der Waals surface area contributed by atoms with Crippen LogP contribution in [0, 0.1) is 24.0 Å². The molecule has 3 heterocycles. The predicted octanol–water partition coefficient (Wildman–Crippen LogP) is 4.38. The van der Waals surface area contributed by atoms with Crippen molar-refractivity contribution in [1.29, 1.82) is 0 Å². The van der Waals surface area contributed by atoms with Crippen molar-refractivity contribution >= 4 is 39.2 Å². The third-order valence-electron chi connectivity index (χ3n) is 4.68. The average molecular weight is 419 g/mol. The smallest absolute Gasteiger partial charge is 0.281 e. The molecule has 0 saturated carbocycles. The molecule has 0 unspecified atom stereocenters. The first-order chi connectivity index (χ1) is 14.4. The molecule has 0 saturated heterocycles. The number of aromatic nitrogens is 2. The van der Waals surface area contributed by atoms with E-state index >= 15 is 0 Å². The zero-order valence-corrected chi connectivity index (χ0v) is 17.0. The van der Waals surface area contributed by atoms with E-state index in [-0.39, 0.29) is 11.6 Å². The molecule has 150 valence electrons. The summed E-state index contributed by atoms with van der Waals surface area (Å²) in [6, 6.07) is 12.0. The molecule has 0 aliphatic heterocycles. The van der Waals surface area contributed by atoms with E-state index in [1.807, 2.05) is 32.0 Å². The maximum absolute atomic E-state index is 12.4. The standard InChI is InChI=1S/C21H17N5O3S/c1-13-8-16(14(2)25(13)18-4-3-7-22-12-18)11-23-24-21(27)20-10-15-9-17(26(28)29)5-6-19(15)30-20/h3-12H,1-2H3,(H,24,27). The van der Waals surface area contributed by atoms with E-state index < -0.39 is 4.92 Å². The van der Waals surface area contributed by atoms with Gasteiger partial charge < -0.3 is 4.57 Å². The lowest BCUT2D eigenvalue weighted by molar-refractivity contribution is -0.384. The number of carbonyl (C=O) groups is 1. The van der Waals surface area contributed by atoms with Crippen molar-refractivity contribution in [2.45, 2.75) is 13.8 Å². The van der Waals surface area contributed by atoms with Crippen LogP contribution in [-0.2, 0) is 0 Å². The maximum atomic E-state index is 12.4. The van der Waals surface area contributed by atoms with Crippen LogP contribution < -0.4 is 5.43 Å². The maximum Gasteiger partial charge on any atom is 0.281 e. The number of hydrogen-bond acceptors (Lipinski definition) is 6. The van der Waals surface area contributed by atoms with E-state index in [0.29, 0.717) is 10.3 Å². The highest BCUT2D eigenvalue weighted by Gasteiger charge is 2.13. The van der Waals surface area contributed by atoms with Gasteiger partial charge in [0, 0.05) is 45.4 Å². The molecule has 3 aromatic heterocycles. The molecular weight excluding hydrogens is 402 g/mol. The summed E-state index contributed by atoms with van der Waals surface area (Å²) in [5.74, 6) is -0.365. The molecule has 8 nitrogen and oxygen atoms in total. The minimum Gasteiger partial charge on any atom is -0.316 e. The van der Waals surface area contributed by atoms with Gasteiger partial charge in [-0.2, -0.15) is 5.10 Å². The number of hydrogen-bond donors (Lipinski definition) is 1. The number of carbonyl (C=O) groups excluding carboxylic acids is 1. The number of thiophene rings is 1. The number of benzene rings is 1. The van der Waals surface area contributed by atoms with Crippen LogP contribution in [0.2, 0.25) is 0 Å². The van der Waals surface area contributed by atoms with Crippen LogP contribution in [0.5, 0.6) is 0 Å². The number of fused-ring (bicyclic) bond motifs is 1. The van der Waals surface area contributed by atoms with Crippen LogP contribution in [0.4, 0.5) is 5.69 Å². The fraction of sp³-hybridized carbons (Fsp3) is 0.0952. The Bertz CT molecular complexity index is 1290. The zero-order chi connectivity index (χ0) is 21.3. The molecule has 0 radical (unpaired) electrons. The summed E-state index contributed by atoms with van der Waals surface area (Å²) in [7, 11) is 0. The molecule has 0 spiro atoms. The molecule has 4 rings (SSSR count). The van der Waals surface area contributed by atoms with Crippen molar-refractivity contribution in [3.05, 3.63) is 86.8 Å². The number of amides is 1. The molecule has 0 aliphatic rings. The molecule has 1 amide bonds. The number of aryl methyl sites for hydroxylation is 1. The van der Waals surface area contributed by atoms with Gasteiger partial charge in [-0.25, -0.2) is 5.43 Å².